The molecule has 1 atom stereocenters. The lowest BCUT2D eigenvalue weighted by molar-refractivity contribution is -0.119. The maximum atomic E-state index is 12.4. The van der Waals surface area contributed by atoms with Crippen LogP contribution in [-0.4, -0.2) is 47.6 Å². The first-order chi connectivity index (χ1) is 15.5. The van der Waals surface area contributed by atoms with Gasteiger partial charge in [0.1, 0.15) is 11.5 Å². The van der Waals surface area contributed by atoms with Crippen molar-refractivity contribution in [2.24, 2.45) is 0 Å². The van der Waals surface area contributed by atoms with Gasteiger partial charge >= 0.3 is 5.97 Å². The Balaban J connectivity index is 1.65. The SMILES string of the molecule is CCS(=O)c1ccccc1C(=O)OCC(=O)Nc1nc(-c2cc(OC)ccc2OC)cs1. The Kier molecular flexibility index (Phi) is 7.96. The van der Waals surface area contributed by atoms with Crippen LogP contribution in [0.15, 0.2) is 52.7 Å². The van der Waals surface area contributed by atoms with Crippen molar-refractivity contribution in [1.29, 1.82) is 0 Å². The second kappa shape index (κ2) is 10.9. The number of esters is 1. The van der Waals surface area contributed by atoms with Crippen molar-refractivity contribution in [2.45, 2.75) is 11.8 Å². The number of ether oxygens (including phenoxy) is 3. The molecule has 10 heteroatoms. The lowest BCUT2D eigenvalue weighted by atomic mass is 10.1. The molecular weight excluding hydrogens is 452 g/mol. The van der Waals surface area contributed by atoms with Crippen LogP contribution in [0.1, 0.15) is 17.3 Å². The van der Waals surface area contributed by atoms with Crippen LogP contribution < -0.4 is 14.8 Å². The molecule has 1 aromatic heterocycles. The summed E-state index contributed by atoms with van der Waals surface area (Å²) in [7, 11) is 1.81. The summed E-state index contributed by atoms with van der Waals surface area (Å²) in [6, 6.07) is 11.8. The largest absolute Gasteiger partial charge is 0.497 e. The van der Waals surface area contributed by atoms with E-state index >= 15 is 0 Å². The fraction of sp³-hybridized carbons (Fsp3) is 0.227. The van der Waals surface area contributed by atoms with Gasteiger partial charge in [-0.1, -0.05) is 19.1 Å². The highest BCUT2D eigenvalue weighted by molar-refractivity contribution is 7.85. The highest BCUT2D eigenvalue weighted by Gasteiger charge is 2.18. The van der Waals surface area contributed by atoms with Gasteiger partial charge in [0.25, 0.3) is 5.91 Å². The quantitative estimate of drug-likeness (QED) is 0.471. The Morgan fingerprint density at radius 1 is 1.12 bits per heavy atom. The zero-order chi connectivity index (χ0) is 23.1. The first-order valence-electron chi connectivity index (χ1n) is 9.59. The van der Waals surface area contributed by atoms with Crippen LogP contribution >= 0.6 is 11.3 Å². The van der Waals surface area contributed by atoms with Gasteiger partial charge in [-0.3, -0.25) is 14.3 Å². The first kappa shape index (κ1) is 23.4. The number of hydrogen-bond acceptors (Lipinski definition) is 8. The van der Waals surface area contributed by atoms with Crippen LogP contribution in [0.3, 0.4) is 0 Å². The molecule has 0 aliphatic carbocycles. The minimum absolute atomic E-state index is 0.183. The molecule has 2 aromatic carbocycles. The number of anilines is 1. The zero-order valence-electron chi connectivity index (χ0n) is 17.7. The minimum atomic E-state index is -1.32. The maximum Gasteiger partial charge on any atom is 0.339 e. The van der Waals surface area contributed by atoms with E-state index in [2.05, 4.69) is 10.3 Å². The molecule has 0 aliphatic rings. The van der Waals surface area contributed by atoms with Gasteiger partial charge in [-0.05, 0) is 30.3 Å². The summed E-state index contributed by atoms with van der Waals surface area (Å²) in [5.41, 5.74) is 1.51. The zero-order valence-corrected chi connectivity index (χ0v) is 19.4. The number of benzene rings is 2. The first-order valence-corrected chi connectivity index (χ1v) is 11.8. The average molecular weight is 475 g/mol. The third-order valence-electron chi connectivity index (χ3n) is 4.38. The van der Waals surface area contributed by atoms with Crippen LogP contribution in [0.25, 0.3) is 11.3 Å². The summed E-state index contributed by atoms with van der Waals surface area (Å²) in [5, 5.41) is 4.73. The molecule has 1 heterocycles. The summed E-state index contributed by atoms with van der Waals surface area (Å²) in [6.45, 7) is 1.26. The van der Waals surface area contributed by atoms with E-state index in [1.54, 1.807) is 62.9 Å². The molecular formula is C22H22N2O6S2. The van der Waals surface area contributed by atoms with Gasteiger partial charge in [-0.2, -0.15) is 0 Å². The fourth-order valence-electron chi connectivity index (χ4n) is 2.82. The third kappa shape index (κ3) is 5.51. The number of aromatic nitrogens is 1. The Morgan fingerprint density at radius 3 is 2.62 bits per heavy atom. The van der Waals surface area contributed by atoms with Crippen LogP contribution in [0.2, 0.25) is 0 Å². The van der Waals surface area contributed by atoms with Gasteiger partial charge in [-0.15, -0.1) is 11.3 Å². The van der Waals surface area contributed by atoms with E-state index in [-0.39, 0.29) is 5.56 Å². The molecule has 1 unspecified atom stereocenters. The van der Waals surface area contributed by atoms with Crippen molar-refractivity contribution in [3.63, 3.8) is 0 Å². The Morgan fingerprint density at radius 2 is 1.91 bits per heavy atom. The lowest BCUT2D eigenvalue weighted by Gasteiger charge is -2.09. The van der Waals surface area contributed by atoms with Gasteiger partial charge in [-0.25, -0.2) is 9.78 Å². The molecule has 0 aliphatic heterocycles. The van der Waals surface area contributed by atoms with Crippen molar-refractivity contribution in [3.8, 4) is 22.8 Å². The number of amides is 1. The van der Waals surface area contributed by atoms with Crippen LogP contribution in [0, 0.1) is 0 Å². The Bertz CT molecular complexity index is 1140. The molecule has 1 amide bonds. The van der Waals surface area contributed by atoms with Crippen molar-refractivity contribution in [2.75, 3.05) is 31.9 Å². The predicted molar refractivity (Wildman–Crippen MR) is 123 cm³/mol. The van der Waals surface area contributed by atoms with Crippen LogP contribution in [0.4, 0.5) is 5.13 Å². The number of methoxy groups -OCH3 is 2. The topological polar surface area (TPSA) is 104 Å². The molecule has 32 heavy (non-hydrogen) atoms. The number of hydrogen-bond donors (Lipinski definition) is 1. The predicted octanol–water partition coefficient (Wildman–Crippen LogP) is 3.75. The number of nitrogens with zero attached hydrogens (tertiary/aromatic N) is 1. The molecule has 0 radical (unpaired) electrons. The summed E-state index contributed by atoms with van der Waals surface area (Å²) in [4.78, 5) is 29.4. The summed E-state index contributed by atoms with van der Waals surface area (Å²) in [6.07, 6.45) is 0. The summed E-state index contributed by atoms with van der Waals surface area (Å²) >= 11 is 1.23. The molecule has 168 valence electrons. The number of thiazole rings is 1. The van der Waals surface area contributed by atoms with E-state index in [0.717, 1.165) is 5.56 Å². The number of carbonyl (C=O) groups is 2. The molecule has 3 aromatic rings. The molecule has 0 saturated heterocycles. The molecule has 0 fully saturated rings. The number of nitrogens with one attached hydrogen (secondary N) is 1. The molecule has 1 N–H and O–H groups in total. The van der Waals surface area contributed by atoms with E-state index in [1.807, 2.05) is 0 Å². The van der Waals surface area contributed by atoms with E-state index < -0.39 is 29.3 Å². The third-order valence-corrected chi connectivity index (χ3v) is 6.51. The van der Waals surface area contributed by atoms with Crippen molar-refractivity contribution in [3.05, 3.63) is 53.4 Å². The average Bonchev–Trinajstić information content (AvgIpc) is 3.29. The number of rotatable bonds is 9. The van der Waals surface area contributed by atoms with E-state index in [9.17, 15) is 13.8 Å². The van der Waals surface area contributed by atoms with Gasteiger partial charge in [0.15, 0.2) is 11.7 Å². The normalized spacial score (nSPS) is 11.5. The Labute approximate surface area is 192 Å². The van der Waals surface area contributed by atoms with Gasteiger partial charge in [0.2, 0.25) is 0 Å². The van der Waals surface area contributed by atoms with Crippen molar-refractivity contribution >= 4 is 39.1 Å². The fourth-order valence-corrected chi connectivity index (χ4v) is 4.49. The monoisotopic (exact) mass is 474 g/mol. The van der Waals surface area contributed by atoms with Gasteiger partial charge in [0.05, 0.1) is 41.2 Å². The number of carbonyl (C=O) groups excluding carboxylic acids is 2. The van der Waals surface area contributed by atoms with Crippen LogP contribution in [-0.2, 0) is 20.3 Å². The van der Waals surface area contributed by atoms with Crippen molar-refractivity contribution in [1.82, 2.24) is 4.98 Å². The van der Waals surface area contributed by atoms with E-state index in [0.29, 0.717) is 33.0 Å². The summed E-state index contributed by atoms with van der Waals surface area (Å²) < 4.78 is 27.9. The Hall–Kier alpha value is -3.24. The molecule has 0 spiro atoms. The van der Waals surface area contributed by atoms with E-state index in [4.69, 9.17) is 14.2 Å². The van der Waals surface area contributed by atoms with Crippen LogP contribution in [0.5, 0.6) is 11.5 Å². The van der Waals surface area contributed by atoms with Gasteiger partial charge in [0, 0.05) is 16.7 Å². The standard InChI is InChI=1S/C22H22N2O6S2/c1-4-32(27)19-8-6-5-7-15(19)21(26)30-12-20(25)24-22-23-17(13-31-22)16-11-14(28-2)9-10-18(16)29-3/h5-11,13H,4,12H2,1-3H3,(H,23,24,25). The molecule has 3 rings (SSSR count). The second-order valence-electron chi connectivity index (χ2n) is 6.36. The molecule has 0 saturated carbocycles. The maximum absolute atomic E-state index is 12.4. The van der Waals surface area contributed by atoms with Crippen molar-refractivity contribution < 1.29 is 28.0 Å². The molecule has 0 bridgehead atoms. The van der Waals surface area contributed by atoms with Gasteiger partial charge < -0.3 is 14.2 Å². The van der Waals surface area contributed by atoms with E-state index in [1.165, 1.54) is 17.4 Å². The summed E-state index contributed by atoms with van der Waals surface area (Å²) in [5.74, 6) is 0.390. The molecule has 8 nitrogen and oxygen atoms in total. The highest BCUT2D eigenvalue weighted by Crippen LogP contribution is 2.35. The lowest BCUT2D eigenvalue weighted by Crippen LogP contribution is -2.21. The smallest absolute Gasteiger partial charge is 0.339 e. The minimum Gasteiger partial charge on any atom is -0.497 e. The highest BCUT2D eigenvalue weighted by atomic mass is 32.2. The second-order valence-corrected chi connectivity index (χ2v) is 8.93.